The van der Waals surface area contributed by atoms with Crippen LogP contribution in [0.5, 0.6) is 0 Å². The molecule has 1 amide bonds. The fourth-order valence-electron chi connectivity index (χ4n) is 3.42. The minimum atomic E-state index is -0.123. The average Bonchev–Trinajstić information content (AvgIpc) is 3.32. The van der Waals surface area contributed by atoms with Gasteiger partial charge in [0.1, 0.15) is 0 Å². The van der Waals surface area contributed by atoms with Crippen molar-refractivity contribution in [1.82, 2.24) is 20.0 Å². The highest BCUT2D eigenvalue weighted by Gasteiger charge is 2.13. The van der Waals surface area contributed by atoms with Crippen molar-refractivity contribution in [2.24, 2.45) is 0 Å². The Morgan fingerprint density at radius 1 is 1.10 bits per heavy atom. The lowest BCUT2D eigenvalue weighted by Gasteiger charge is -2.23. The van der Waals surface area contributed by atoms with Crippen LogP contribution in [0.15, 0.2) is 48.8 Å². The maximum absolute atomic E-state index is 12.1. The molecule has 1 saturated heterocycles. The molecule has 0 radical (unpaired) electrons. The summed E-state index contributed by atoms with van der Waals surface area (Å²) in [7, 11) is 2.18. The van der Waals surface area contributed by atoms with Crippen molar-refractivity contribution in [2.45, 2.75) is 13.0 Å². The number of hydrogen-bond acceptors (Lipinski definition) is 5. The van der Waals surface area contributed by atoms with E-state index in [9.17, 15) is 4.79 Å². The van der Waals surface area contributed by atoms with E-state index in [2.05, 4.69) is 51.5 Å². The highest BCUT2D eigenvalue weighted by Crippen LogP contribution is 2.21. The molecule has 0 unspecified atom stereocenters. The molecular weight excluding hydrogens is 406 g/mol. The molecule has 1 aliphatic rings. The molecule has 152 valence electrons. The third-order valence-electron chi connectivity index (χ3n) is 5.09. The average molecular weight is 430 g/mol. The molecule has 0 atom stereocenters. The summed E-state index contributed by atoms with van der Waals surface area (Å²) in [5.74, 6) is -0.123. The number of aromatic nitrogens is 2. The summed E-state index contributed by atoms with van der Waals surface area (Å²) in [5, 5.41) is 7.34. The van der Waals surface area contributed by atoms with E-state index in [1.165, 1.54) is 23.4 Å². The SMILES string of the molecule is CN1CCCN(c2ccc(-n3cc(CNC(=O)c4ccc(Cl)s4)cn3)cc2)CC1. The molecule has 0 aliphatic carbocycles. The molecule has 1 fully saturated rings. The first-order valence-electron chi connectivity index (χ1n) is 9.69. The number of carbonyl (C=O) groups is 1. The zero-order chi connectivity index (χ0) is 20.2. The van der Waals surface area contributed by atoms with Crippen LogP contribution in [-0.2, 0) is 6.54 Å². The van der Waals surface area contributed by atoms with Crippen molar-refractivity contribution in [3.63, 3.8) is 0 Å². The van der Waals surface area contributed by atoms with Gasteiger partial charge in [-0.05, 0) is 56.4 Å². The van der Waals surface area contributed by atoms with Gasteiger partial charge < -0.3 is 15.1 Å². The van der Waals surface area contributed by atoms with Crippen LogP contribution in [-0.4, -0.2) is 53.8 Å². The van der Waals surface area contributed by atoms with Crippen LogP contribution in [0.25, 0.3) is 5.69 Å². The van der Waals surface area contributed by atoms with Gasteiger partial charge in [0.05, 0.1) is 21.1 Å². The molecule has 3 heterocycles. The molecule has 4 rings (SSSR count). The summed E-state index contributed by atoms with van der Waals surface area (Å²) in [5.41, 5.74) is 3.20. The zero-order valence-corrected chi connectivity index (χ0v) is 17.9. The van der Waals surface area contributed by atoms with Gasteiger partial charge in [0.2, 0.25) is 0 Å². The van der Waals surface area contributed by atoms with Crippen LogP contribution >= 0.6 is 22.9 Å². The second-order valence-electron chi connectivity index (χ2n) is 7.24. The number of halogens is 1. The van der Waals surface area contributed by atoms with Crippen molar-refractivity contribution < 1.29 is 4.79 Å². The minimum absolute atomic E-state index is 0.123. The molecule has 2 aromatic heterocycles. The number of amides is 1. The normalized spacial score (nSPS) is 15.3. The van der Waals surface area contributed by atoms with Crippen LogP contribution in [0.4, 0.5) is 5.69 Å². The molecule has 1 N–H and O–H groups in total. The van der Waals surface area contributed by atoms with E-state index in [4.69, 9.17) is 11.6 Å². The van der Waals surface area contributed by atoms with Gasteiger partial charge in [0.25, 0.3) is 5.91 Å². The van der Waals surface area contributed by atoms with Gasteiger partial charge in [-0.2, -0.15) is 5.10 Å². The van der Waals surface area contributed by atoms with E-state index >= 15 is 0 Å². The minimum Gasteiger partial charge on any atom is -0.370 e. The fourth-order valence-corrected chi connectivity index (χ4v) is 4.38. The molecule has 3 aromatic rings. The topological polar surface area (TPSA) is 53.4 Å². The van der Waals surface area contributed by atoms with E-state index in [0.29, 0.717) is 15.8 Å². The predicted octanol–water partition coefficient (Wildman–Crippen LogP) is 3.66. The van der Waals surface area contributed by atoms with Crippen molar-refractivity contribution in [2.75, 3.05) is 38.1 Å². The Morgan fingerprint density at radius 2 is 1.90 bits per heavy atom. The quantitative estimate of drug-likeness (QED) is 0.672. The van der Waals surface area contributed by atoms with Gasteiger partial charge in [0, 0.05) is 43.6 Å². The number of anilines is 1. The van der Waals surface area contributed by atoms with Gasteiger partial charge in [-0.15, -0.1) is 11.3 Å². The number of hydrogen-bond donors (Lipinski definition) is 1. The monoisotopic (exact) mass is 429 g/mol. The molecule has 6 nitrogen and oxygen atoms in total. The highest BCUT2D eigenvalue weighted by atomic mass is 35.5. The van der Waals surface area contributed by atoms with Gasteiger partial charge in [0.15, 0.2) is 0 Å². The molecule has 0 spiro atoms. The van der Waals surface area contributed by atoms with Crippen LogP contribution in [0.2, 0.25) is 4.34 Å². The summed E-state index contributed by atoms with van der Waals surface area (Å²) < 4.78 is 2.45. The Bertz CT molecular complexity index is 968. The number of nitrogens with zero attached hydrogens (tertiary/aromatic N) is 4. The van der Waals surface area contributed by atoms with E-state index in [-0.39, 0.29) is 5.91 Å². The number of likely N-dealkylation sites (N-methyl/N-ethyl adjacent to an activating group) is 1. The zero-order valence-electron chi connectivity index (χ0n) is 16.3. The van der Waals surface area contributed by atoms with E-state index in [1.807, 2.05) is 10.9 Å². The van der Waals surface area contributed by atoms with Crippen LogP contribution < -0.4 is 10.2 Å². The summed E-state index contributed by atoms with van der Waals surface area (Å²) in [4.78, 5) is 17.6. The first-order valence-corrected chi connectivity index (χ1v) is 10.9. The Kier molecular flexibility index (Phi) is 6.18. The first kappa shape index (κ1) is 19.9. The third-order valence-corrected chi connectivity index (χ3v) is 6.31. The molecular formula is C21H24ClN5OS. The summed E-state index contributed by atoms with van der Waals surface area (Å²) in [6.45, 7) is 4.81. The number of carbonyl (C=O) groups excluding carboxylic acids is 1. The number of benzene rings is 1. The van der Waals surface area contributed by atoms with Crippen molar-refractivity contribution in [3.8, 4) is 5.69 Å². The lowest BCUT2D eigenvalue weighted by molar-refractivity contribution is 0.0955. The summed E-state index contributed by atoms with van der Waals surface area (Å²) in [6, 6.07) is 12.0. The summed E-state index contributed by atoms with van der Waals surface area (Å²) in [6.07, 6.45) is 4.90. The second-order valence-corrected chi connectivity index (χ2v) is 8.95. The molecule has 8 heteroatoms. The maximum Gasteiger partial charge on any atom is 0.261 e. The Hall–Kier alpha value is -2.35. The number of nitrogens with one attached hydrogen (secondary N) is 1. The molecule has 0 bridgehead atoms. The van der Waals surface area contributed by atoms with Crippen molar-refractivity contribution in [1.29, 1.82) is 0 Å². The second kappa shape index (κ2) is 8.98. The standard InChI is InChI=1S/C21H24ClN5OS/c1-25-9-2-10-26(12-11-25)17-3-5-18(6-4-17)27-15-16(14-24-27)13-23-21(28)19-7-8-20(22)29-19/h3-8,14-15H,2,9-13H2,1H3,(H,23,28). The largest absolute Gasteiger partial charge is 0.370 e. The number of rotatable bonds is 5. The Labute approximate surface area is 179 Å². The van der Waals surface area contributed by atoms with E-state index in [0.717, 1.165) is 37.4 Å². The Balaban J connectivity index is 1.37. The van der Waals surface area contributed by atoms with Crippen LogP contribution in [0.1, 0.15) is 21.7 Å². The van der Waals surface area contributed by atoms with Gasteiger partial charge in [-0.1, -0.05) is 11.6 Å². The molecule has 1 aromatic carbocycles. The van der Waals surface area contributed by atoms with E-state index < -0.39 is 0 Å². The summed E-state index contributed by atoms with van der Waals surface area (Å²) >= 11 is 7.16. The lowest BCUT2D eigenvalue weighted by atomic mass is 10.2. The van der Waals surface area contributed by atoms with Gasteiger partial charge in [-0.25, -0.2) is 4.68 Å². The molecule has 29 heavy (non-hydrogen) atoms. The van der Waals surface area contributed by atoms with Crippen molar-refractivity contribution >= 4 is 34.5 Å². The molecule has 1 aliphatic heterocycles. The fraction of sp³-hybridized carbons (Fsp3) is 0.333. The lowest BCUT2D eigenvalue weighted by Crippen LogP contribution is -2.28. The van der Waals surface area contributed by atoms with Gasteiger partial charge >= 0.3 is 0 Å². The third kappa shape index (κ3) is 4.98. The smallest absolute Gasteiger partial charge is 0.261 e. The van der Waals surface area contributed by atoms with E-state index in [1.54, 1.807) is 18.3 Å². The highest BCUT2D eigenvalue weighted by molar-refractivity contribution is 7.17. The first-order chi connectivity index (χ1) is 14.1. The van der Waals surface area contributed by atoms with Gasteiger partial charge in [-0.3, -0.25) is 4.79 Å². The number of thiophene rings is 1. The molecule has 0 saturated carbocycles. The predicted molar refractivity (Wildman–Crippen MR) is 118 cm³/mol. The van der Waals surface area contributed by atoms with Crippen LogP contribution in [0, 0.1) is 0 Å². The maximum atomic E-state index is 12.1. The van der Waals surface area contributed by atoms with Crippen LogP contribution in [0.3, 0.4) is 0 Å². The van der Waals surface area contributed by atoms with Crippen molar-refractivity contribution in [3.05, 3.63) is 63.6 Å². The Morgan fingerprint density at radius 3 is 2.66 bits per heavy atom.